The Morgan fingerprint density at radius 1 is 1.36 bits per heavy atom. The Kier molecular flexibility index (Phi) is 4.00. The molecule has 84 valence electrons. The highest BCUT2D eigenvalue weighted by Gasteiger charge is 2.23. The molecular weight excluding hydrogens is 170 g/mol. The summed E-state index contributed by atoms with van der Waals surface area (Å²) in [5.41, 5.74) is 0.504. The zero-order valence-corrected chi connectivity index (χ0v) is 10.6. The van der Waals surface area contributed by atoms with Gasteiger partial charge in [0.1, 0.15) is 0 Å². The van der Waals surface area contributed by atoms with Gasteiger partial charge >= 0.3 is 0 Å². The fourth-order valence-electron chi connectivity index (χ4n) is 2.92. The van der Waals surface area contributed by atoms with Gasteiger partial charge in [0.2, 0.25) is 0 Å². The minimum atomic E-state index is 0.504. The van der Waals surface area contributed by atoms with Gasteiger partial charge in [-0.1, -0.05) is 27.7 Å². The zero-order chi connectivity index (χ0) is 10.8. The molecule has 0 N–H and O–H groups in total. The fraction of sp³-hybridized carbons (Fsp3) is 1.00. The molecule has 1 nitrogen and oxygen atoms in total. The molecule has 14 heavy (non-hydrogen) atoms. The Hall–Kier alpha value is -0.0400. The van der Waals surface area contributed by atoms with Crippen molar-refractivity contribution in [3.63, 3.8) is 0 Å². The molecule has 0 spiro atoms. The first-order valence-electron chi connectivity index (χ1n) is 6.05. The van der Waals surface area contributed by atoms with Crippen LogP contribution in [0.5, 0.6) is 0 Å². The molecule has 1 aliphatic heterocycles. The van der Waals surface area contributed by atoms with E-state index in [1.54, 1.807) is 0 Å². The highest BCUT2D eigenvalue weighted by molar-refractivity contribution is 4.76. The molecule has 1 rings (SSSR count). The molecule has 0 amide bonds. The van der Waals surface area contributed by atoms with E-state index in [0.717, 1.165) is 11.8 Å². The molecule has 0 aromatic heterocycles. The lowest BCUT2D eigenvalue weighted by molar-refractivity contribution is 0.266. The van der Waals surface area contributed by atoms with Crippen LogP contribution in [0.15, 0.2) is 0 Å². The smallest absolute Gasteiger partial charge is 0.000718 e. The molecule has 1 heterocycles. The first kappa shape index (κ1) is 12.0. The van der Waals surface area contributed by atoms with Crippen LogP contribution in [0, 0.1) is 17.3 Å². The van der Waals surface area contributed by atoms with Crippen LogP contribution in [-0.2, 0) is 0 Å². The summed E-state index contributed by atoms with van der Waals surface area (Å²) in [6.45, 7) is 12.1. The number of likely N-dealkylation sites (tertiary alicyclic amines) is 1. The molecule has 0 aromatic carbocycles. The third kappa shape index (κ3) is 4.45. The molecule has 2 atom stereocenters. The van der Waals surface area contributed by atoms with Crippen LogP contribution in [-0.4, -0.2) is 25.0 Å². The van der Waals surface area contributed by atoms with Crippen LogP contribution in [0.4, 0.5) is 0 Å². The SMILES string of the molecule is CC(CC1CCN(C)C1)CC(C)(C)C. The first-order valence-corrected chi connectivity index (χ1v) is 6.05. The average Bonchev–Trinajstić information content (AvgIpc) is 2.30. The van der Waals surface area contributed by atoms with E-state index >= 15 is 0 Å². The van der Waals surface area contributed by atoms with Gasteiger partial charge < -0.3 is 4.90 Å². The Morgan fingerprint density at radius 2 is 2.00 bits per heavy atom. The van der Waals surface area contributed by atoms with Crippen molar-refractivity contribution in [2.75, 3.05) is 20.1 Å². The quantitative estimate of drug-likeness (QED) is 0.670. The topological polar surface area (TPSA) is 3.24 Å². The van der Waals surface area contributed by atoms with Crippen molar-refractivity contribution in [1.29, 1.82) is 0 Å². The number of hydrogen-bond acceptors (Lipinski definition) is 1. The summed E-state index contributed by atoms with van der Waals surface area (Å²) in [5.74, 6) is 1.86. The van der Waals surface area contributed by atoms with Gasteiger partial charge in [0.25, 0.3) is 0 Å². The lowest BCUT2D eigenvalue weighted by Crippen LogP contribution is -2.17. The van der Waals surface area contributed by atoms with Crippen LogP contribution in [0.2, 0.25) is 0 Å². The summed E-state index contributed by atoms with van der Waals surface area (Å²) in [5, 5.41) is 0. The van der Waals surface area contributed by atoms with Crippen LogP contribution >= 0.6 is 0 Å². The van der Waals surface area contributed by atoms with Crippen molar-refractivity contribution in [2.45, 2.75) is 47.0 Å². The van der Waals surface area contributed by atoms with E-state index in [9.17, 15) is 0 Å². The minimum absolute atomic E-state index is 0.504. The van der Waals surface area contributed by atoms with Crippen molar-refractivity contribution in [3.05, 3.63) is 0 Å². The summed E-state index contributed by atoms with van der Waals surface area (Å²) < 4.78 is 0. The van der Waals surface area contributed by atoms with Crippen LogP contribution in [0.25, 0.3) is 0 Å². The van der Waals surface area contributed by atoms with Gasteiger partial charge in [-0.2, -0.15) is 0 Å². The highest BCUT2D eigenvalue weighted by Crippen LogP contribution is 2.30. The molecule has 0 radical (unpaired) electrons. The lowest BCUT2D eigenvalue weighted by Gasteiger charge is -2.25. The molecule has 0 bridgehead atoms. The molecular formula is C13H27N. The maximum absolute atomic E-state index is 2.47. The summed E-state index contributed by atoms with van der Waals surface area (Å²) in [7, 11) is 2.24. The van der Waals surface area contributed by atoms with E-state index < -0.39 is 0 Å². The Labute approximate surface area is 89.9 Å². The summed E-state index contributed by atoms with van der Waals surface area (Å²) >= 11 is 0. The Morgan fingerprint density at radius 3 is 2.43 bits per heavy atom. The third-order valence-corrected chi connectivity index (χ3v) is 3.19. The van der Waals surface area contributed by atoms with E-state index in [2.05, 4.69) is 39.6 Å². The third-order valence-electron chi connectivity index (χ3n) is 3.19. The molecule has 1 saturated heterocycles. The van der Waals surface area contributed by atoms with Crippen LogP contribution in [0.1, 0.15) is 47.0 Å². The van der Waals surface area contributed by atoms with Crippen LogP contribution < -0.4 is 0 Å². The summed E-state index contributed by atoms with van der Waals surface area (Å²) in [6, 6.07) is 0. The van der Waals surface area contributed by atoms with Gasteiger partial charge in [-0.15, -0.1) is 0 Å². The van der Waals surface area contributed by atoms with Gasteiger partial charge in [0.05, 0.1) is 0 Å². The second-order valence-electron chi connectivity index (χ2n) is 6.52. The Bertz CT molecular complexity index is 169. The monoisotopic (exact) mass is 197 g/mol. The molecule has 1 aliphatic rings. The molecule has 1 heteroatoms. The normalized spacial score (nSPS) is 26.8. The molecule has 2 unspecified atom stereocenters. The van der Waals surface area contributed by atoms with E-state index in [0.29, 0.717) is 5.41 Å². The summed E-state index contributed by atoms with van der Waals surface area (Å²) in [6.07, 6.45) is 4.22. The average molecular weight is 197 g/mol. The molecule has 1 fully saturated rings. The lowest BCUT2D eigenvalue weighted by atomic mass is 9.81. The number of hydrogen-bond donors (Lipinski definition) is 0. The van der Waals surface area contributed by atoms with Crippen molar-refractivity contribution < 1.29 is 0 Å². The first-order chi connectivity index (χ1) is 6.37. The highest BCUT2D eigenvalue weighted by atomic mass is 15.1. The van der Waals surface area contributed by atoms with Crippen molar-refractivity contribution >= 4 is 0 Å². The van der Waals surface area contributed by atoms with Crippen LogP contribution in [0.3, 0.4) is 0 Å². The number of rotatable bonds is 3. The predicted octanol–water partition coefficient (Wildman–Crippen LogP) is 3.40. The maximum atomic E-state index is 2.47. The standard InChI is InChI=1S/C13H27N/c1-11(9-13(2,3)4)8-12-6-7-14(5)10-12/h11-12H,6-10H2,1-5H3. The number of nitrogens with zero attached hydrogens (tertiary/aromatic N) is 1. The Balaban J connectivity index is 2.24. The molecule has 0 aromatic rings. The fourth-order valence-corrected chi connectivity index (χ4v) is 2.92. The van der Waals surface area contributed by atoms with Crippen molar-refractivity contribution in [1.82, 2.24) is 4.90 Å². The largest absolute Gasteiger partial charge is 0.306 e. The van der Waals surface area contributed by atoms with E-state index in [-0.39, 0.29) is 0 Å². The van der Waals surface area contributed by atoms with Gasteiger partial charge in [-0.05, 0) is 50.1 Å². The molecule has 0 aliphatic carbocycles. The van der Waals surface area contributed by atoms with Gasteiger partial charge in [0.15, 0.2) is 0 Å². The molecule has 0 saturated carbocycles. The van der Waals surface area contributed by atoms with E-state index in [1.807, 2.05) is 0 Å². The van der Waals surface area contributed by atoms with Gasteiger partial charge in [0, 0.05) is 6.54 Å². The second-order valence-corrected chi connectivity index (χ2v) is 6.52. The van der Waals surface area contributed by atoms with Crippen molar-refractivity contribution in [2.24, 2.45) is 17.3 Å². The predicted molar refractivity (Wildman–Crippen MR) is 63.5 cm³/mol. The van der Waals surface area contributed by atoms with Crippen molar-refractivity contribution in [3.8, 4) is 0 Å². The maximum Gasteiger partial charge on any atom is 0.000718 e. The summed E-state index contributed by atoms with van der Waals surface area (Å²) in [4.78, 5) is 2.47. The van der Waals surface area contributed by atoms with E-state index in [4.69, 9.17) is 0 Å². The zero-order valence-electron chi connectivity index (χ0n) is 10.6. The van der Waals surface area contributed by atoms with E-state index in [1.165, 1.54) is 32.4 Å². The minimum Gasteiger partial charge on any atom is -0.306 e. The van der Waals surface area contributed by atoms with Gasteiger partial charge in [-0.3, -0.25) is 0 Å². The van der Waals surface area contributed by atoms with Gasteiger partial charge in [-0.25, -0.2) is 0 Å². The second kappa shape index (κ2) is 4.65.